The van der Waals surface area contributed by atoms with Gasteiger partial charge in [-0.15, -0.1) is 0 Å². The summed E-state index contributed by atoms with van der Waals surface area (Å²) in [6.07, 6.45) is 3.07. The molecular formula is C32H30FN3O5. The van der Waals surface area contributed by atoms with Crippen LogP contribution in [0.25, 0.3) is 21.7 Å². The van der Waals surface area contributed by atoms with Crippen molar-refractivity contribution in [2.75, 3.05) is 40.3 Å². The molecular weight excluding hydrogens is 525 g/mol. The van der Waals surface area contributed by atoms with Crippen molar-refractivity contribution in [1.82, 2.24) is 14.8 Å². The third-order valence-electron chi connectivity index (χ3n) is 7.70. The number of rotatable bonds is 7. The SMILES string of the molecule is COC(=O)c1coc2c1c(C(c1ccnc(OCc3ccc(F)cc3)c1)N1CCN(C)CC1)c(O)c1ccccc12. The lowest BCUT2D eigenvalue weighted by Gasteiger charge is -2.39. The number of pyridine rings is 1. The summed E-state index contributed by atoms with van der Waals surface area (Å²) >= 11 is 0. The molecule has 1 N–H and O–H groups in total. The fraction of sp³-hybridized carbons (Fsp3) is 0.250. The van der Waals surface area contributed by atoms with Crippen LogP contribution < -0.4 is 4.74 Å². The second-order valence-corrected chi connectivity index (χ2v) is 10.2. The predicted molar refractivity (Wildman–Crippen MR) is 153 cm³/mol. The highest BCUT2D eigenvalue weighted by atomic mass is 19.1. The molecule has 1 aliphatic heterocycles. The van der Waals surface area contributed by atoms with E-state index in [4.69, 9.17) is 13.9 Å². The number of ether oxygens (including phenoxy) is 2. The van der Waals surface area contributed by atoms with Gasteiger partial charge in [0.15, 0.2) is 0 Å². The quantitative estimate of drug-likeness (QED) is 0.263. The van der Waals surface area contributed by atoms with Crippen LogP contribution in [0.15, 0.2) is 77.5 Å². The summed E-state index contributed by atoms with van der Waals surface area (Å²) in [6, 6.07) is 16.9. The zero-order valence-electron chi connectivity index (χ0n) is 22.8. The summed E-state index contributed by atoms with van der Waals surface area (Å²) in [5.74, 6) is -0.386. The largest absolute Gasteiger partial charge is 0.507 e. The molecule has 1 saturated heterocycles. The van der Waals surface area contributed by atoms with E-state index in [0.717, 1.165) is 37.3 Å². The van der Waals surface area contributed by atoms with E-state index in [-0.39, 0.29) is 23.7 Å². The van der Waals surface area contributed by atoms with E-state index in [0.29, 0.717) is 33.2 Å². The second kappa shape index (κ2) is 11.2. The fourth-order valence-corrected chi connectivity index (χ4v) is 5.55. The van der Waals surface area contributed by atoms with Crippen molar-refractivity contribution in [2.45, 2.75) is 12.6 Å². The summed E-state index contributed by atoms with van der Waals surface area (Å²) < 4.78 is 30.4. The molecule has 0 saturated carbocycles. The van der Waals surface area contributed by atoms with Gasteiger partial charge in [0.1, 0.15) is 35.6 Å². The van der Waals surface area contributed by atoms with Crippen molar-refractivity contribution in [2.24, 2.45) is 0 Å². The summed E-state index contributed by atoms with van der Waals surface area (Å²) in [5, 5.41) is 13.7. The van der Waals surface area contributed by atoms with E-state index in [1.807, 2.05) is 36.4 Å². The monoisotopic (exact) mass is 555 g/mol. The van der Waals surface area contributed by atoms with Crippen molar-refractivity contribution in [3.05, 3.63) is 101 Å². The van der Waals surface area contributed by atoms with Crippen LogP contribution in [0.4, 0.5) is 4.39 Å². The number of phenols is 1. The molecule has 3 heterocycles. The maximum atomic E-state index is 13.4. The molecule has 2 aromatic heterocycles. The average molecular weight is 556 g/mol. The van der Waals surface area contributed by atoms with Gasteiger partial charge in [0.25, 0.3) is 0 Å². The summed E-state index contributed by atoms with van der Waals surface area (Å²) in [7, 11) is 3.41. The predicted octanol–water partition coefficient (Wildman–Crippen LogP) is 5.53. The van der Waals surface area contributed by atoms with E-state index in [9.17, 15) is 14.3 Å². The Balaban J connectivity index is 1.52. The second-order valence-electron chi connectivity index (χ2n) is 10.2. The zero-order valence-corrected chi connectivity index (χ0v) is 22.8. The molecule has 0 amide bonds. The van der Waals surface area contributed by atoms with Gasteiger partial charge in [-0.05, 0) is 36.4 Å². The van der Waals surface area contributed by atoms with Crippen molar-refractivity contribution < 1.29 is 28.2 Å². The normalized spacial score (nSPS) is 15.3. The van der Waals surface area contributed by atoms with Crippen LogP contribution >= 0.6 is 0 Å². The molecule has 210 valence electrons. The number of fused-ring (bicyclic) bond motifs is 3. The number of esters is 1. The first-order valence-electron chi connectivity index (χ1n) is 13.4. The minimum absolute atomic E-state index is 0.0779. The molecule has 0 bridgehead atoms. The molecule has 3 aromatic carbocycles. The lowest BCUT2D eigenvalue weighted by Crippen LogP contribution is -2.46. The molecule has 5 aromatic rings. The van der Waals surface area contributed by atoms with Gasteiger partial charge < -0.3 is 23.9 Å². The molecule has 0 radical (unpaired) electrons. The van der Waals surface area contributed by atoms with E-state index >= 15 is 0 Å². The number of hydrogen-bond donors (Lipinski definition) is 1. The van der Waals surface area contributed by atoms with Crippen LogP contribution in [0.3, 0.4) is 0 Å². The maximum Gasteiger partial charge on any atom is 0.341 e. The number of aromatic hydroxyl groups is 1. The highest BCUT2D eigenvalue weighted by molar-refractivity contribution is 6.16. The summed E-state index contributed by atoms with van der Waals surface area (Å²) in [5.41, 5.74) is 2.97. The van der Waals surface area contributed by atoms with Gasteiger partial charge >= 0.3 is 5.97 Å². The number of carbonyl (C=O) groups is 1. The Labute approximate surface area is 236 Å². The van der Waals surface area contributed by atoms with Crippen LogP contribution in [0.5, 0.6) is 11.6 Å². The first-order chi connectivity index (χ1) is 19.9. The molecule has 0 spiro atoms. The Morgan fingerprint density at radius 1 is 1.07 bits per heavy atom. The molecule has 1 aliphatic rings. The molecule has 41 heavy (non-hydrogen) atoms. The molecule has 1 unspecified atom stereocenters. The lowest BCUT2D eigenvalue weighted by molar-refractivity contribution is 0.0601. The maximum absolute atomic E-state index is 13.4. The number of likely N-dealkylation sites (N-methyl/N-ethyl adjacent to an activating group) is 1. The van der Waals surface area contributed by atoms with E-state index < -0.39 is 12.0 Å². The van der Waals surface area contributed by atoms with Gasteiger partial charge in [-0.25, -0.2) is 14.2 Å². The van der Waals surface area contributed by atoms with Gasteiger partial charge in [-0.3, -0.25) is 4.90 Å². The molecule has 9 heteroatoms. The Bertz CT molecular complexity index is 1710. The summed E-state index contributed by atoms with van der Waals surface area (Å²) in [6.45, 7) is 3.35. The van der Waals surface area contributed by atoms with Gasteiger partial charge in [0, 0.05) is 60.2 Å². The van der Waals surface area contributed by atoms with Crippen LogP contribution in [-0.4, -0.2) is 66.2 Å². The minimum atomic E-state index is -0.546. The van der Waals surface area contributed by atoms with Crippen LogP contribution in [-0.2, 0) is 11.3 Å². The van der Waals surface area contributed by atoms with E-state index in [1.165, 1.54) is 25.5 Å². The van der Waals surface area contributed by atoms with E-state index in [2.05, 4.69) is 21.8 Å². The van der Waals surface area contributed by atoms with Gasteiger partial charge in [0.05, 0.1) is 13.2 Å². The Kier molecular flexibility index (Phi) is 7.30. The topological polar surface area (TPSA) is 88.3 Å². The number of nitrogens with zero attached hydrogens (tertiary/aromatic N) is 3. The Morgan fingerprint density at radius 2 is 1.80 bits per heavy atom. The molecule has 8 nitrogen and oxygen atoms in total. The number of piperazine rings is 1. The number of hydrogen-bond acceptors (Lipinski definition) is 8. The van der Waals surface area contributed by atoms with Gasteiger partial charge in [-0.2, -0.15) is 0 Å². The van der Waals surface area contributed by atoms with Crippen LogP contribution in [0.1, 0.15) is 33.1 Å². The highest BCUT2D eigenvalue weighted by Crippen LogP contribution is 2.46. The number of phenolic OH excluding ortho intramolecular Hbond substituents is 1. The minimum Gasteiger partial charge on any atom is -0.507 e. The molecule has 1 atom stereocenters. The summed E-state index contributed by atoms with van der Waals surface area (Å²) in [4.78, 5) is 21.9. The standard InChI is InChI=1S/C32H30FN3O5/c1-35-13-15-36(16-14-35)29(21-11-12-34-26(17-21)40-18-20-7-9-22(33)10-8-20)28-27-25(32(38)39-2)19-41-31(27)24-6-4-3-5-23(24)30(28)37/h3-12,17,19,29,37H,13-16,18H2,1-2H3. The van der Waals surface area contributed by atoms with E-state index in [1.54, 1.807) is 18.3 Å². The Morgan fingerprint density at radius 3 is 2.54 bits per heavy atom. The Hall–Kier alpha value is -4.47. The van der Waals surface area contributed by atoms with Crippen molar-refractivity contribution >= 4 is 27.7 Å². The molecule has 6 rings (SSSR count). The van der Waals surface area contributed by atoms with Crippen molar-refractivity contribution in [3.8, 4) is 11.6 Å². The number of carbonyl (C=O) groups excluding carboxylic acids is 1. The first-order valence-corrected chi connectivity index (χ1v) is 13.4. The van der Waals surface area contributed by atoms with Crippen molar-refractivity contribution in [1.29, 1.82) is 0 Å². The molecule has 1 fully saturated rings. The molecule has 0 aliphatic carbocycles. The smallest absolute Gasteiger partial charge is 0.341 e. The zero-order chi connectivity index (χ0) is 28.5. The first kappa shape index (κ1) is 26.7. The lowest BCUT2D eigenvalue weighted by atomic mass is 9.89. The third-order valence-corrected chi connectivity index (χ3v) is 7.70. The number of halogens is 1. The number of methoxy groups -OCH3 is 1. The highest BCUT2D eigenvalue weighted by Gasteiger charge is 2.34. The number of furan rings is 1. The fourth-order valence-electron chi connectivity index (χ4n) is 5.55. The number of aromatic nitrogens is 1. The van der Waals surface area contributed by atoms with Crippen molar-refractivity contribution in [3.63, 3.8) is 0 Å². The van der Waals surface area contributed by atoms with Gasteiger partial charge in [-0.1, -0.05) is 36.4 Å². The van der Waals surface area contributed by atoms with Crippen LogP contribution in [0, 0.1) is 5.82 Å². The number of benzene rings is 3. The average Bonchev–Trinajstić information content (AvgIpc) is 3.44. The van der Waals surface area contributed by atoms with Crippen LogP contribution in [0.2, 0.25) is 0 Å². The third kappa shape index (κ3) is 5.10. The van der Waals surface area contributed by atoms with Gasteiger partial charge in [0.2, 0.25) is 5.88 Å².